The largest absolute Gasteiger partial charge is 0.497 e. The third kappa shape index (κ3) is 4.62. The zero-order valence-corrected chi connectivity index (χ0v) is 18.4. The highest BCUT2D eigenvalue weighted by Gasteiger charge is 2.20. The van der Waals surface area contributed by atoms with E-state index < -0.39 is 10.0 Å². The van der Waals surface area contributed by atoms with Gasteiger partial charge < -0.3 is 19.1 Å². The van der Waals surface area contributed by atoms with Gasteiger partial charge in [0.15, 0.2) is 11.5 Å². The number of hydrogen-bond acceptors (Lipinski definition) is 6. The van der Waals surface area contributed by atoms with Crippen molar-refractivity contribution in [3.63, 3.8) is 0 Å². The highest BCUT2D eigenvalue weighted by atomic mass is 32.2. The Morgan fingerprint density at radius 2 is 1.78 bits per heavy atom. The molecule has 1 heterocycles. The van der Waals surface area contributed by atoms with Crippen molar-refractivity contribution in [2.45, 2.75) is 11.4 Å². The Balaban J connectivity index is 1.49. The van der Waals surface area contributed by atoms with Crippen LogP contribution >= 0.6 is 0 Å². The molecular formula is C23H22N2O6S. The molecule has 3 aromatic rings. The van der Waals surface area contributed by atoms with E-state index in [1.807, 2.05) is 12.1 Å². The lowest BCUT2D eigenvalue weighted by atomic mass is 10.1. The molecule has 0 saturated carbocycles. The fraction of sp³-hybridized carbons (Fsp3) is 0.174. The Morgan fingerprint density at radius 1 is 1.03 bits per heavy atom. The zero-order valence-electron chi connectivity index (χ0n) is 17.6. The summed E-state index contributed by atoms with van der Waals surface area (Å²) in [5.74, 6) is 1.63. The molecule has 0 spiro atoms. The van der Waals surface area contributed by atoms with Crippen LogP contribution in [0.25, 0.3) is 0 Å². The smallest absolute Gasteiger partial charge is 0.261 e. The minimum atomic E-state index is -3.87. The molecule has 1 aliphatic heterocycles. The van der Waals surface area contributed by atoms with Crippen LogP contribution in [0.5, 0.6) is 17.2 Å². The van der Waals surface area contributed by atoms with Gasteiger partial charge in [-0.2, -0.15) is 0 Å². The molecule has 1 N–H and O–H groups in total. The Bertz CT molecular complexity index is 1240. The summed E-state index contributed by atoms with van der Waals surface area (Å²) in [6, 6.07) is 17.9. The monoisotopic (exact) mass is 454 g/mol. The molecule has 1 amide bonds. The summed E-state index contributed by atoms with van der Waals surface area (Å²) in [5, 5.41) is 0. The standard InChI is InChI=1S/C23H22N2O6S/c1-25(14-16-6-11-21-22(12-16)31-15-30-21)23(26)17-4-3-5-20(13-17)32(27,28)24-18-7-9-19(29-2)10-8-18/h3-13,24H,14-15H2,1-2H3. The number of fused-ring (bicyclic) bond motifs is 1. The average Bonchev–Trinajstić information content (AvgIpc) is 3.27. The lowest BCUT2D eigenvalue weighted by Gasteiger charge is -2.18. The first-order valence-electron chi connectivity index (χ1n) is 9.77. The molecule has 0 atom stereocenters. The molecular weight excluding hydrogens is 432 g/mol. The van der Waals surface area contributed by atoms with Crippen LogP contribution in [0.15, 0.2) is 71.6 Å². The summed E-state index contributed by atoms with van der Waals surface area (Å²) in [6.07, 6.45) is 0. The van der Waals surface area contributed by atoms with Gasteiger partial charge in [-0.1, -0.05) is 12.1 Å². The van der Waals surface area contributed by atoms with Crippen molar-refractivity contribution in [2.24, 2.45) is 0 Å². The lowest BCUT2D eigenvalue weighted by Crippen LogP contribution is -2.26. The second kappa shape index (κ2) is 8.80. The van der Waals surface area contributed by atoms with Gasteiger partial charge in [0.1, 0.15) is 5.75 Å². The minimum absolute atomic E-state index is 0.00403. The van der Waals surface area contributed by atoms with Crippen LogP contribution in [0, 0.1) is 0 Å². The molecule has 9 heteroatoms. The lowest BCUT2D eigenvalue weighted by molar-refractivity contribution is 0.0784. The van der Waals surface area contributed by atoms with Crippen LogP contribution in [-0.2, 0) is 16.6 Å². The van der Waals surface area contributed by atoms with Crippen LogP contribution in [0.2, 0.25) is 0 Å². The van der Waals surface area contributed by atoms with E-state index in [-0.39, 0.29) is 23.2 Å². The van der Waals surface area contributed by atoms with Crippen molar-refractivity contribution in [3.05, 3.63) is 77.9 Å². The Hall–Kier alpha value is -3.72. The number of nitrogens with zero attached hydrogens (tertiary/aromatic N) is 1. The van der Waals surface area contributed by atoms with E-state index in [2.05, 4.69) is 4.72 Å². The fourth-order valence-electron chi connectivity index (χ4n) is 3.27. The number of nitrogens with one attached hydrogen (secondary N) is 1. The normalized spacial score (nSPS) is 12.3. The Kier molecular flexibility index (Phi) is 5.91. The van der Waals surface area contributed by atoms with E-state index in [4.69, 9.17) is 14.2 Å². The third-order valence-corrected chi connectivity index (χ3v) is 6.32. The first-order chi connectivity index (χ1) is 15.4. The van der Waals surface area contributed by atoms with E-state index >= 15 is 0 Å². The number of rotatable bonds is 7. The molecule has 0 fully saturated rings. The molecule has 166 valence electrons. The topological polar surface area (TPSA) is 94.2 Å². The first-order valence-corrected chi connectivity index (χ1v) is 11.2. The molecule has 0 saturated heterocycles. The van der Waals surface area contributed by atoms with Crippen molar-refractivity contribution < 1.29 is 27.4 Å². The summed E-state index contributed by atoms with van der Waals surface area (Å²) in [4.78, 5) is 14.4. The molecule has 1 aliphatic rings. The van der Waals surface area contributed by atoms with Gasteiger partial charge in [-0.3, -0.25) is 9.52 Å². The maximum Gasteiger partial charge on any atom is 0.261 e. The van der Waals surface area contributed by atoms with Gasteiger partial charge >= 0.3 is 0 Å². The summed E-state index contributed by atoms with van der Waals surface area (Å²) < 4.78 is 43.9. The van der Waals surface area contributed by atoms with Gasteiger partial charge in [0.2, 0.25) is 6.79 Å². The number of anilines is 1. The van der Waals surface area contributed by atoms with Crippen LogP contribution in [0.1, 0.15) is 15.9 Å². The second-order valence-electron chi connectivity index (χ2n) is 7.21. The number of amides is 1. The number of carbonyl (C=O) groups excluding carboxylic acids is 1. The molecule has 0 radical (unpaired) electrons. The summed E-state index contributed by atoms with van der Waals surface area (Å²) >= 11 is 0. The number of hydrogen-bond donors (Lipinski definition) is 1. The van der Waals surface area contributed by atoms with Gasteiger partial charge in [-0.15, -0.1) is 0 Å². The van der Waals surface area contributed by atoms with E-state index in [9.17, 15) is 13.2 Å². The number of benzene rings is 3. The molecule has 0 aromatic heterocycles. The number of methoxy groups -OCH3 is 1. The van der Waals surface area contributed by atoms with Crippen LogP contribution in [0.4, 0.5) is 5.69 Å². The molecule has 0 aliphatic carbocycles. The van der Waals surface area contributed by atoms with E-state index in [0.717, 1.165) is 5.56 Å². The van der Waals surface area contributed by atoms with Gasteiger partial charge in [0, 0.05) is 24.8 Å². The van der Waals surface area contributed by atoms with Gasteiger partial charge in [0.05, 0.1) is 12.0 Å². The van der Waals surface area contributed by atoms with Crippen LogP contribution in [0.3, 0.4) is 0 Å². The summed E-state index contributed by atoms with van der Waals surface area (Å²) in [7, 11) is -0.683. The maximum absolute atomic E-state index is 12.9. The fourth-order valence-corrected chi connectivity index (χ4v) is 4.38. The van der Waals surface area contributed by atoms with E-state index in [1.54, 1.807) is 49.5 Å². The molecule has 3 aromatic carbocycles. The van der Waals surface area contributed by atoms with E-state index in [0.29, 0.717) is 29.5 Å². The quantitative estimate of drug-likeness (QED) is 0.587. The third-order valence-electron chi connectivity index (χ3n) is 4.94. The van der Waals surface area contributed by atoms with Gasteiger partial charge in [-0.05, 0) is 60.2 Å². The minimum Gasteiger partial charge on any atom is -0.497 e. The highest BCUT2D eigenvalue weighted by molar-refractivity contribution is 7.92. The van der Waals surface area contributed by atoms with E-state index in [1.165, 1.54) is 24.1 Å². The number of carbonyl (C=O) groups is 1. The highest BCUT2D eigenvalue weighted by Crippen LogP contribution is 2.32. The number of sulfonamides is 1. The first kappa shape index (κ1) is 21.5. The van der Waals surface area contributed by atoms with Crippen molar-refractivity contribution in [1.82, 2.24) is 4.90 Å². The molecule has 32 heavy (non-hydrogen) atoms. The predicted molar refractivity (Wildman–Crippen MR) is 119 cm³/mol. The molecule has 0 unspecified atom stereocenters. The van der Waals surface area contributed by atoms with Gasteiger partial charge in [-0.25, -0.2) is 8.42 Å². The number of ether oxygens (including phenoxy) is 3. The molecule has 8 nitrogen and oxygen atoms in total. The SMILES string of the molecule is COc1ccc(NS(=O)(=O)c2cccc(C(=O)N(C)Cc3ccc4c(c3)OCO4)c2)cc1. The van der Waals surface area contributed by atoms with Crippen molar-refractivity contribution >= 4 is 21.6 Å². The Morgan fingerprint density at radius 3 is 2.53 bits per heavy atom. The zero-order chi connectivity index (χ0) is 22.7. The Labute approximate surface area is 186 Å². The summed E-state index contributed by atoms with van der Waals surface area (Å²) in [5.41, 5.74) is 1.53. The predicted octanol–water partition coefficient (Wildman–Crippen LogP) is 3.50. The second-order valence-corrected chi connectivity index (χ2v) is 8.89. The van der Waals surface area contributed by atoms with Crippen LogP contribution < -0.4 is 18.9 Å². The van der Waals surface area contributed by atoms with Crippen LogP contribution in [-0.4, -0.2) is 40.2 Å². The summed E-state index contributed by atoms with van der Waals surface area (Å²) in [6.45, 7) is 0.510. The average molecular weight is 455 g/mol. The van der Waals surface area contributed by atoms with Gasteiger partial charge in [0.25, 0.3) is 15.9 Å². The maximum atomic E-state index is 12.9. The molecule has 4 rings (SSSR count). The van der Waals surface area contributed by atoms with Crippen molar-refractivity contribution in [3.8, 4) is 17.2 Å². The van der Waals surface area contributed by atoms with Crippen molar-refractivity contribution in [1.29, 1.82) is 0 Å². The van der Waals surface area contributed by atoms with Crippen molar-refractivity contribution in [2.75, 3.05) is 25.7 Å². The molecule has 0 bridgehead atoms.